The fourth-order valence-electron chi connectivity index (χ4n) is 1.19. The predicted molar refractivity (Wildman–Crippen MR) is 70.0 cm³/mol. The summed E-state index contributed by atoms with van der Waals surface area (Å²) in [7, 11) is 0. The van der Waals surface area contributed by atoms with Crippen LogP contribution >= 0.6 is 39.5 Å². The first-order valence-electron chi connectivity index (χ1n) is 4.29. The lowest BCUT2D eigenvalue weighted by Crippen LogP contribution is -2.01. The smallest absolute Gasteiger partial charge is 0.0867 e. The Bertz CT molecular complexity index is 451. The normalized spacial score (nSPS) is 14.0. The molecule has 0 amide bonds. The van der Waals surface area contributed by atoms with Gasteiger partial charge in [0.05, 0.1) is 22.6 Å². The Morgan fingerprint density at radius 2 is 2.47 bits per heavy atom. The molecule has 1 aliphatic heterocycles. The molecule has 1 aliphatic rings. The highest BCUT2D eigenvalue weighted by Gasteiger charge is 2.12. The topological polar surface area (TPSA) is 36.1 Å². The molecule has 0 N–H and O–H groups in total. The second kappa shape index (κ2) is 5.06. The molecule has 76 valence electrons. The van der Waals surface area contributed by atoms with Crippen molar-refractivity contribution in [3.05, 3.63) is 22.7 Å². The highest BCUT2D eigenvalue weighted by Crippen LogP contribution is 2.37. The fourth-order valence-corrected chi connectivity index (χ4v) is 3.42. The third kappa shape index (κ3) is 2.77. The molecule has 0 radical (unpaired) electrons. The minimum absolute atomic E-state index is 0.477. The molecular formula is C10H7BrN2S2. The van der Waals surface area contributed by atoms with E-state index >= 15 is 0 Å². The number of nitrogens with zero attached hydrogens (tertiary/aromatic N) is 2. The van der Waals surface area contributed by atoms with Crippen molar-refractivity contribution in [1.29, 1.82) is 5.26 Å². The number of nitriles is 1. The molecule has 1 heterocycles. The zero-order valence-corrected chi connectivity index (χ0v) is 11.0. The van der Waals surface area contributed by atoms with Crippen LogP contribution in [0.2, 0.25) is 0 Å². The van der Waals surface area contributed by atoms with Gasteiger partial charge in [0.15, 0.2) is 0 Å². The number of thioether (sulfide) groups is 2. The summed E-state index contributed by atoms with van der Waals surface area (Å²) in [6.07, 6.45) is 0. The van der Waals surface area contributed by atoms with Crippen molar-refractivity contribution in [2.75, 3.05) is 11.5 Å². The van der Waals surface area contributed by atoms with Gasteiger partial charge in [0.25, 0.3) is 0 Å². The van der Waals surface area contributed by atoms with Crippen molar-refractivity contribution in [2.45, 2.75) is 4.90 Å². The minimum Gasteiger partial charge on any atom is -0.244 e. The molecule has 2 nitrogen and oxygen atoms in total. The van der Waals surface area contributed by atoms with E-state index in [2.05, 4.69) is 33.1 Å². The van der Waals surface area contributed by atoms with Gasteiger partial charge in [-0.05, 0) is 18.2 Å². The summed E-state index contributed by atoms with van der Waals surface area (Å²) < 4.78 is 1.08. The summed E-state index contributed by atoms with van der Waals surface area (Å²) in [5, 5.41) is 9.53. The molecule has 0 saturated carbocycles. The maximum absolute atomic E-state index is 8.49. The lowest BCUT2D eigenvalue weighted by molar-refractivity contribution is 1.34. The molecule has 0 saturated heterocycles. The highest BCUT2D eigenvalue weighted by molar-refractivity contribution is 9.10. The van der Waals surface area contributed by atoms with Crippen LogP contribution in [0.3, 0.4) is 0 Å². The third-order valence-corrected chi connectivity index (χ3v) is 4.40. The van der Waals surface area contributed by atoms with E-state index < -0.39 is 0 Å². The lowest BCUT2D eigenvalue weighted by Gasteiger charge is -2.13. The maximum atomic E-state index is 8.49. The van der Waals surface area contributed by atoms with Crippen molar-refractivity contribution in [3.63, 3.8) is 0 Å². The maximum Gasteiger partial charge on any atom is 0.0867 e. The Balaban J connectivity index is 2.22. The zero-order valence-electron chi connectivity index (χ0n) is 7.74. The Morgan fingerprint density at radius 3 is 3.27 bits per heavy atom. The molecule has 5 heteroatoms. The van der Waals surface area contributed by atoms with Crippen LogP contribution < -0.4 is 0 Å². The molecule has 2 rings (SSSR count). The van der Waals surface area contributed by atoms with E-state index in [4.69, 9.17) is 5.26 Å². The Labute approximate surface area is 105 Å². The molecule has 15 heavy (non-hydrogen) atoms. The van der Waals surface area contributed by atoms with Gasteiger partial charge < -0.3 is 0 Å². The largest absolute Gasteiger partial charge is 0.244 e. The van der Waals surface area contributed by atoms with Crippen molar-refractivity contribution in [1.82, 2.24) is 0 Å². The SMILES string of the molecule is N#CCSC1=Nc2ccc(Br)cc2SC1. The fraction of sp³-hybridized carbons (Fsp3) is 0.200. The molecule has 0 aliphatic carbocycles. The summed E-state index contributed by atoms with van der Waals surface area (Å²) in [6, 6.07) is 8.18. The number of benzene rings is 1. The van der Waals surface area contributed by atoms with E-state index in [9.17, 15) is 0 Å². The van der Waals surface area contributed by atoms with Gasteiger partial charge in [-0.1, -0.05) is 27.7 Å². The summed E-state index contributed by atoms with van der Waals surface area (Å²) in [5.74, 6) is 1.35. The number of halogens is 1. The molecule has 0 bridgehead atoms. The molecule has 0 spiro atoms. The van der Waals surface area contributed by atoms with Crippen molar-refractivity contribution < 1.29 is 0 Å². The van der Waals surface area contributed by atoms with Crippen LogP contribution in [-0.4, -0.2) is 16.5 Å². The summed E-state index contributed by atoms with van der Waals surface area (Å²) >= 11 is 6.73. The Hall–Kier alpha value is -0.440. The average Bonchev–Trinajstić information content (AvgIpc) is 2.26. The number of fused-ring (bicyclic) bond motifs is 1. The van der Waals surface area contributed by atoms with Crippen LogP contribution in [0.4, 0.5) is 5.69 Å². The molecule has 0 atom stereocenters. The van der Waals surface area contributed by atoms with E-state index in [0.717, 1.165) is 21.0 Å². The lowest BCUT2D eigenvalue weighted by atomic mass is 10.3. The molecule has 1 aromatic carbocycles. The number of hydrogen-bond donors (Lipinski definition) is 0. The first kappa shape index (κ1) is 11.1. The standard InChI is InChI=1S/C10H7BrN2S2/c11-7-1-2-8-9(5-7)15-6-10(13-8)14-4-3-12/h1-2,5H,4,6H2. The number of hydrogen-bond acceptors (Lipinski definition) is 4. The van der Waals surface area contributed by atoms with Crippen LogP contribution in [0.25, 0.3) is 0 Å². The van der Waals surface area contributed by atoms with Crippen LogP contribution in [-0.2, 0) is 0 Å². The first-order chi connectivity index (χ1) is 7.29. The average molecular weight is 299 g/mol. The molecule has 0 aromatic heterocycles. The second-order valence-corrected chi connectivity index (χ2v) is 5.83. The Kier molecular flexibility index (Phi) is 3.73. The van der Waals surface area contributed by atoms with E-state index in [0.29, 0.717) is 5.75 Å². The van der Waals surface area contributed by atoms with Crippen molar-refractivity contribution in [2.24, 2.45) is 4.99 Å². The minimum atomic E-state index is 0.477. The van der Waals surface area contributed by atoms with Gasteiger partial charge in [-0.3, -0.25) is 0 Å². The van der Waals surface area contributed by atoms with Gasteiger partial charge in [0.1, 0.15) is 0 Å². The van der Waals surface area contributed by atoms with E-state index in [1.54, 1.807) is 11.8 Å². The molecule has 0 fully saturated rings. The van der Waals surface area contributed by atoms with Gasteiger partial charge >= 0.3 is 0 Å². The molecule has 1 aromatic rings. The van der Waals surface area contributed by atoms with Gasteiger partial charge in [0, 0.05) is 15.1 Å². The van der Waals surface area contributed by atoms with Gasteiger partial charge in [-0.25, -0.2) is 4.99 Å². The zero-order chi connectivity index (χ0) is 10.7. The van der Waals surface area contributed by atoms with Gasteiger partial charge in [-0.15, -0.1) is 11.8 Å². The van der Waals surface area contributed by atoms with Gasteiger partial charge in [-0.2, -0.15) is 5.26 Å². The Morgan fingerprint density at radius 1 is 1.60 bits per heavy atom. The van der Waals surface area contributed by atoms with E-state index in [-0.39, 0.29) is 0 Å². The number of rotatable bonds is 1. The van der Waals surface area contributed by atoms with Crippen LogP contribution in [0, 0.1) is 11.3 Å². The van der Waals surface area contributed by atoms with Crippen molar-refractivity contribution in [3.8, 4) is 6.07 Å². The van der Waals surface area contributed by atoms with E-state index in [1.807, 2.05) is 12.1 Å². The highest BCUT2D eigenvalue weighted by atomic mass is 79.9. The van der Waals surface area contributed by atoms with Crippen molar-refractivity contribution >= 4 is 50.2 Å². The summed E-state index contributed by atoms with van der Waals surface area (Å²) in [6.45, 7) is 0. The van der Waals surface area contributed by atoms with Crippen LogP contribution in [0.15, 0.2) is 32.6 Å². The quantitative estimate of drug-likeness (QED) is 0.790. The second-order valence-electron chi connectivity index (χ2n) is 2.85. The molecular weight excluding hydrogens is 292 g/mol. The third-order valence-electron chi connectivity index (χ3n) is 1.82. The molecule has 0 unspecified atom stereocenters. The predicted octanol–water partition coefficient (Wildman–Crippen LogP) is 3.84. The van der Waals surface area contributed by atoms with Crippen LogP contribution in [0.5, 0.6) is 0 Å². The van der Waals surface area contributed by atoms with Gasteiger partial charge in [0.2, 0.25) is 0 Å². The monoisotopic (exact) mass is 298 g/mol. The summed E-state index contributed by atoms with van der Waals surface area (Å²) in [4.78, 5) is 5.71. The van der Waals surface area contributed by atoms with Crippen LogP contribution in [0.1, 0.15) is 0 Å². The first-order valence-corrected chi connectivity index (χ1v) is 7.05. The number of aliphatic imine (C=N–C) groups is 1. The van der Waals surface area contributed by atoms with E-state index in [1.165, 1.54) is 16.7 Å². The summed E-state index contributed by atoms with van der Waals surface area (Å²) in [5.41, 5.74) is 1.01.